The third kappa shape index (κ3) is 1.28. The molecule has 0 saturated carbocycles. The van der Waals surface area contributed by atoms with Gasteiger partial charge in [0.25, 0.3) is 0 Å². The molecule has 0 aliphatic carbocycles. The van der Waals surface area contributed by atoms with Crippen molar-refractivity contribution < 1.29 is 9.13 Å². The Bertz CT molecular complexity index is 396. The van der Waals surface area contributed by atoms with Gasteiger partial charge >= 0.3 is 0 Å². The summed E-state index contributed by atoms with van der Waals surface area (Å²) in [6.07, 6.45) is 1.58. The molecule has 0 N–H and O–H groups in total. The highest BCUT2D eigenvalue weighted by molar-refractivity contribution is 5.59. The monoisotopic (exact) mass is 208 g/mol. The predicted octanol–water partition coefficient (Wildman–Crippen LogP) is 1.70. The Labute approximate surface area is 87.9 Å². The molecule has 2 atom stereocenters. The number of hydrogen-bond donors (Lipinski definition) is 0. The predicted molar refractivity (Wildman–Crippen MR) is 55.1 cm³/mol. The van der Waals surface area contributed by atoms with Crippen LogP contribution in [0.15, 0.2) is 12.3 Å². The van der Waals surface area contributed by atoms with Crippen molar-refractivity contribution >= 4 is 5.82 Å². The Hall–Kier alpha value is -1.32. The van der Waals surface area contributed by atoms with E-state index in [-0.39, 0.29) is 6.04 Å². The van der Waals surface area contributed by atoms with Crippen LogP contribution in [0.25, 0.3) is 0 Å². The molecular formula is C11H13FN2O. The standard InChI is InChI=1S/C11H13FN2O/c1-7-2-3-13-11-10(7)15-6-9-4-8(12)5-14(9)11/h2-3,8-9H,4-6H2,1H3/t8-,9-/m0/s1. The summed E-state index contributed by atoms with van der Waals surface area (Å²) < 4.78 is 18.9. The van der Waals surface area contributed by atoms with Crippen LogP contribution in [0.5, 0.6) is 5.75 Å². The summed E-state index contributed by atoms with van der Waals surface area (Å²) in [6, 6.07) is 2.09. The van der Waals surface area contributed by atoms with Crippen LogP contribution in [-0.4, -0.2) is 30.3 Å². The van der Waals surface area contributed by atoms with Crippen LogP contribution in [0.2, 0.25) is 0 Å². The number of alkyl halides is 1. The van der Waals surface area contributed by atoms with Gasteiger partial charge in [0.1, 0.15) is 12.8 Å². The van der Waals surface area contributed by atoms with Crippen LogP contribution in [0.4, 0.5) is 10.2 Å². The zero-order valence-electron chi connectivity index (χ0n) is 8.61. The fourth-order valence-electron chi connectivity index (χ4n) is 2.37. The maximum Gasteiger partial charge on any atom is 0.172 e. The van der Waals surface area contributed by atoms with E-state index in [4.69, 9.17) is 4.74 Å². The number of pyridine rings is 1. The summed E-state index contributed by atoms with van der Waals surface area (Å²) in [7, 11) is 0. The molecule has 15 heavy (non-hydrogen) atoms. The number of nitrogens with zero attached hydrogens (tertiary/aromatic N) is 2. The van der Waals surface area contributed by atoms with E-state index < -0.39 is 6.17 Å². The molecule has 3 rings (SSSR count). The summed E-state index contributed by atoms with van der Waals surface area (Å²) in [5.41, 5.74) is 1.07. The lowest BCUT2D eigenvalue weighted by Crippen LogP contribution is -2.39. The van der Waals surface area contributed by atoms with E-state index in [1.807, 2.05) is 17.9 Å². The van der Waals surface area contributed by atoms with E-state index in [9.17, 15) is 4.39 Å². The van der Waals surface area contributed by atoms with Crippen molar-refractivity contribution in [2.24, 2.45) is 0 Å². The van der Waals surface area contributed by atoms with E-state index in [0.717, 1.165) is 17.1 Å². The molecule has 3 nitrogen and oxygen atoms in total. The zero-order chi connectivity index (χ0) is 10.4. The molecule has 4 heteroatoms. The minimum absolute atomic E-state index is 0.168. The lowest BCUT2D eigenvalue weighted by Gasteiger charge is -2.32. The smallest absolute Gasteiger partial charge is 0.172 e. The Morgan fingerprint density at radius 1 is 1.60 bits per heavy atom. The van der Waals surface area contributed by atoms with Crippen LogP contribution in [-0.2, 0) is 0 Å². The number of fused-ring (bicyclic) bond motifs is 3. The largest absolute Gasteiger partial charge is 0.487 e. The topological polar surface area (TPSA) is 25.4 Å². The van der Waals surface area contributed by atoms with Gasteiger partial charge in [0.15, 0.2) is 11.6 Å². The van der Waals surface area contributed by atoms with Crippen molar-refractivity contribution in [2.45, 2.75) is 25.6 Å². The van der Waals surface area contributed by atoms with E-state index in [0.29, 0.717) is 19.6 Å². The van der Waals surface area contributed by atoms with Gasteiger partial charge in [-0.25, -0.2) is 9.37 Å². The average molecular weight is 208 g/mol. The van der Waals surface area contributed by atoms with Crippen molar-refractivity contribution in [3.8, 4) is 5.75 Å². The van der Waals surface area contributed by atoms with Crippen molar-refractivity contribution in [1.82, 2.24) is 4.98 Å². The second-order valence-corrected chi connectivity index (χ2v) is 4.23. The quantitative estimate of drug-likeness (QED) is 0.649. The maximum atomic E-state index is 13.3. The van der Waals surface area contributed by atoms with Crippen molar-refractivity contribution in [2.75, 3.05) is 18.1 Å². The first-order chi connectivity index (χ1) is 7.25. The van der Waals surface area contributed by atoms with Crippen LogP contribution in [0.3, 0.4) is 0 Å². The highest BCUT2D eigenvalue weighted by Gasteiger charge is 2.38. The summed E-state index contributed by atoms with van der Waals surface area (Å²) >= 11 is 0. The minimum atomic E-state index is -0.744. The Morgan fingerprint density at radius 2 is 2.47 bits per heavy atom. The highest BCUT2D eigenvalue weighted by Crippen LogP contribution is 2.38. The molecule has 3 heterocycles. The van der Waals surface area contributed by atoms with E-state index in [1.54, 1.807) is 6.20 Å². The first-order valence-electron chi connectivity index (χ1n) is 5.25. The summed E-state index contributed by atoms with van der Waals surface area (Å²) in [5.74, 6) is 1.63. The maximum absolute atomic E-state index is 13.3. The molecule has 0 spiro atoms. The summed E-state index contributed by atoms with van der Waals surface area (Å²) in [5, 5.41) is 0. The van der Waals surface area contributed by atoms with Crippen molar-refractivity contribution in [1.29, 1.82) is 0 Å². The van der Waals surface area contributed by atoms with Crippen LogP contribution in [0, 0.1) is 6.92 Å². The SMILES string of the molecule is Cc1ccnc2c1OC[C@@H]1C[C@H](F)CN21. The molecule has 0 bridgehead atoms. The normalized spacial score (nSPS) is 28.3. The van der Waals surface area contributed by atoms with E-state index >= 15 is 0 Å². The summed E-state index contributed by atoms with van der Waals surface area (Å²) in [6.45, 7) is 3.03. The molecule has 1 saturated heterocycles. The van der Waals surface area contributed by atoms with Gasteiger partial charge in [-0.3, -0.25) is 0 Å². The first kappa shape index (κ1) is 8.95. The number of rotatable bonds is 0. The van der Waals surface area contributed by atoms with Crippen LogP contribution in [0.1, 0.15) is 12.0 Å². The average Bonchev–Trinajstić information content (AvgIpc) is 2.59. The third-order valence-corrected chi connectivity index (χ3v) is 3.14. The molecule has 0 aromatic carbocycles. The van der Waals surface area contributed by atoms with E-state index in [2.05, 4.69) is 4.98 Å². The molecule has 0 unspecified atom stereocenters. The van der Waals surface area contributed by atoms with Gasteiger partial charge in [0.05, 0.1) is 12.6 Å². The number of aryl methyl sites for hydroxylation is 1. The summed E-state index contributed by atoms with van der Waals surface area (Å²) in [4.78, 5) is 6.33. The molecule has 1 fully saturated rings. The number of aromatic nitrogens is 1. The molecular weight excluding hydrogens is 195 g/mol. The zero-order valence-corrected chi connectivity index (χ0v) is 8.61. The minimum Gasteiger partial charge on any atom is -0.487 e. The number of hydrogen-bond acceptors (Lipinski definition) is 3. The van der Waals surface area contributed by atoms with Crippen molar-refractivity contribution in [3.05, 3.63) is 17.8 Å². The highest BCUT2D eigenvalue weighted by atomic mass is 19.1. The second-order valence-electron chi connectivity index (χ2n) is 4.23. The Balaban J connectivity index is 2.05. The molecule has 2 aliphatic rings. The van der Waals surface area contributed by atoms with Gasteiger partial charge < -0.3 is 9.64 Å². The third-order valence-electron chi connectivity index (χ3n) is 3.14. The first-order valence-corrected chi connectivity index (χ1v) is 5.25. The molecule has 2 aliphatic heterocycles. The number of anilines is 1. The lowest BCUT2D eigenvalue weighted by atomic mass is 10.2. The Morgan fingerprint density at radius 3 is 3.33 bits per heavy atom. The molecule has 1 aromatic heterocycles. The fraction of sp³-hybridized carbons (Fsp3) is 0.545. The van der Waals surface area contributed by atoms with E-state index in [1.165, 1.54) is 0 Å². The second kappa shape index (κ2) is 3.08. The lowest BCUT2D eigenvalue weighted by molar-refractivity contribution is 0.260. The Kier molecular flexibility index (Phi) is 1.84. The van der Waals surface area contributed by atoms with Gasteiger partial charge in [-0.05, 0) is 18.6 Å². The van der Waals surface area contributed by atoms with Gasteiger partial charge in [0.2, 0.25) is 0 Å². The number of ether oxygens (including phenoxy) is 1. The fourth-order valence-corrected chi connectivity index (χ4v) is 2.37. The van der Waals surface area contributed by atoms with Gasteiger partial charge in [-0.2, -0.15) is 0 Å². The van der Waals surface area contributed by atoms with Crippen molar-refractivity contribution in [3.63, 3.8) is 0 Å². The van der Waals surface area contributed by atoms with Gasteiger partial charge in [0, 0.05) is 12.6 Å². The van der Waals surface area contributed by atoms with Gasteiger partial charge in [-0.1, -0.05) is 0 Å². The molecule has 0 amide bonds. The number of halogens is 1. The molecule has 80 valence electrons. The van der Waals surface area contributed by atoms with Crippen LogP contribution < -0.4 is 9.64 Å². The van der Waals surface area contributed by atoms with Crippen LogP contribution >= 0.6 is 0 Å². The van der Waals surface area contributed by atoms with Gasteiger partial charge in [-0.15, -0.1) is 0 Å². The molecule has 1 aromatic rings. The molecule has 0 radical (unpaired) electrons.